The second-order valence-corrected chi connectivity index (χ2v) is 5.15. The summed E-state index contributed by atoms with van der Waals surface area (Å²) in [6.45, 7) is 2.02. The van der Waals surface area contributed by atoms with Crippen molar-refractivity contribution in [2.75, 3.05) is 45.7 Å². The van der Waals surface area contributed by atoms with E-state index in [2.05, 4.69) is 5.32 Å². The number of anilines is 1. The van der Waals surface area contributed by atoms with Crippen LogP contribution in [0.25, 0.3) is 0 Å². The van der Waals surface area contributed by atoms with Crippen LogP contribution in [-0.4, -0.2) is 62.6 Å². The topological polar surface area (TPSA) is 71.1 Å². The molecule has 0 saturated carbocycles. The number of rotatable bonds is 4. The lowest BCUT2D eigenvalue weighted by Gasteiger charge is -2.32. The lowest BCUT2D eigenvalue weighted by molar-refractivity contribution is -0.119. The van der Waals surface area contributed by atoms with Crippen LogP contribution in [0.5, 0.6) is 11.5 Å². The number of ether oxygens (including phenoxy) is 2. The third-order valence-electron chi connectivity index (χ3n) is 3.47. The number of amides is 3. The van der Waals surface area contributed by atoms with Crippen molar-refractivity contribution in [2.45, 2.75) is 0 Å². The normalized spacial score (nSPS) is 14.5. The Morgan fingerprint density at radius 2 is 1.82 bits per heavy atom. The van der Waals surface area contributed by atoms with Crippen LogP contribution in [0.3, 0.4) is 0 Å². The second kappa shape index (κ2) is 7.22. The number of piperazine rings is 1. The molecule has 1 aliphatic heterocycles. The molecule has 0 spiro atoms. The molecule has 22 heavy (non-hydrogen) atoms. The summed E-state index contributed by atoms with van der Waals surface area (Å²) in [4.78, 5) is 26.2. The summed E-state index contributed by atoms with van der Waals surface area (Å²) in [7, 11) is 3.01. The minimum Gasteiger partial charge on any atom is -0.495 e. The number of carbonyl (C=O) groups excluding carboxylic acids is 2. The fourth-order valence-electron chi connectivity index (χ4n) is 2.18. The van der Waals surface area contributed by atoms with E-state index >= 15 is 0 Å². The standard InChI is InChI=1S/C14H18ClN3O4/c1-21-12-8-13(22-2)11(7-10(12)15)16-14(20)18-5-3-17(9-19)4-6-18/h7-9H,3-6H2,1-2H3,(H,16,20). The van der Waals surface area contributed by atoms with Crippen LogP contribution in [0.2, 0.25) is 5.02 Å². The summed E-state index contributed by atoms with van der Waals surface area (Å²) >= 11 is 6.07. The summed E-state index contributed by atoms with van der Waals surface area (Å²) in [5.74, 6) is 0.928. The van der Waals surface area contributed by atoms with Crippen molar-refractivity contribution in [1.82, 2.24) is 9.80 Å². The first-order chi connectivity index (χ1) is 10.6. The molecule has 7 nitrogen and oxygen atoms in total. The molecule has 1 aromatic carbocycles. The Morgan fingerprint density at radius 1 is 1.18 bits per heavy atom. The Kier molecular flexibility index (Phi) is 5.32. The van der Waals surface area contributed by atoms with Crippen LogP contribution in [0.4, 0.5) is 10.5 Å². The Balaban J connectivity index is 2.08. The van der Waals surface area contributed by atoms with E-state index in [0.717, 1.165) is 6.41 Å². The van der Waals surface area contributed by atoms with E-state index in [1.807, 2.05) is 0 Å². The molecule has 1 N–H and O–H groups in total. The zero-order valence-electron chi connectivity index (χ0n) is 12.5. The second-order valence-electron chi connectivity index (χ2n) is 4.75. The molecule has 0 unspecified atom stereocenters. The van der Waals surface area contributed by atoms with Gasteiger partial charge in [0.1, 0.15) is 11.5 Å². The average Bonchev–Trinajstić information content (AvgIpc) is 2.55. The maximum absolute atomic E-state index is 12.3. The maximum atomic E-state index is 12.3. The van der Waals surface area contributed by atoms with Crippen molar-refractivity contribution in [3.05, 3.63) is 17.2 Å². The lowest BCUT2D eigenvalue weighted by Crippen LogP contribution is -2.49. The number of carbonyl (C=O) groups is 2. The van der Waals surface area contributed by atoms with E-state index in [1.165, 1.54) is 14.2 Å². The summed E-state index contributed by atoms with van der Waals surface area (Å²) in [5.41, 5.74) is 0.469. The summed E-state index contributed by atoms with van der Waals surface area (Å²) in [6.07, 6.45) is 0.793. The van der Waals surface area contributed by atoms with Crippen LogP contribution in [-0.2, 0) is 4.79 Å². The number of nitrogens with zero attached hydrogens (tertiary/aromatic N) is 2. The Morgan fingerprint density at radius 3 is 2.36 bits per heavy atom. The highest BCUT2D eigenvalue weighted by Crippen LogP contribution is 2.36. The van der Waals surface area contributed by atoms with Gasteiger partial charge in [-0.15, -0.1) is 0 Å². The van der Waals surface area contributed by atoms with Crippen LogP contribution in [0.1, 0.15) is 0 Å². The van der Waals surface area contributed by atoms with Crippen LogP contribution in [0.15, 0.2) is 12.1 Å². The van der Waals surface area contributed by atoms with Gasteiger partial charge in [0, 0.05) is 32.2 Å². The SMILES string of the molecule is COc1cc(OC)c(NC(=O)N2CCN(C=O)CC2)cc1Cl. The van der Waals surface area contributed by atoms with Gasteiger partial charge in [0.15, 0.2) is 0 Å². The number of hydrogen-bond acceptors (Lipinski definition) is 4. The number of halogens is 1. The first-order valence-electron chi connectivity index (χ1n) is 6.75. The highest BCUT2D eigenvalue weighted by molar-refractivity contribution is 6.32. The average molecular weight is 328 g/mol. The molecule has 0 aromatic heterocycles. The highest BCUT2D eigenvalue weighted by Gasteiger charge is 2.21. The molecule has 3 amide bonds. The number of methoxy groups -OCH3 is 2. The van der Waals surface area contributed by atoms with Crippen molar-refractivity contribution in [3.8, 4) is 11.5 Å². The van der Waals surface area contributed by atoms with Gasteiger partial charge in [-0.05, 0) is 6.07 Å². The van der Waals surface area contributed by atoms with Gasteiger partial charge in [0.25, 0.3) is 0 Å². The highest BCUT2D eigenvalue weighted by atomic mass is 35.5. The van der Waals surface area contributed by atoms with E-state index in [4.69, 9.17) is 21.1 Å². The molecule has 1 heterocycles. The van der Waals surface area contributed by atoms with Crippen molar-refractivity contribution in [2.24, 2.45) is 0 Å². The predicted molar refractivity (Wildman–Crippen MR) is 82.8 cm³/mol. The van der Waals surface area contributed by atoms with Crippen LogP contribution >= 0.6 is 11.6 Å². The summed E-state index contributed by atoms with van der Waals surface area (Å²) in [6, 6.07) is 2.94. The van der Waals surface area contributed by atoms with Gasteiger partial charge in [0.2, 0.25) is 6.41 Å². The predicted octanol–water partition coefficient (Wildman–Crippen LogP) is 1.66. The largest absolute Gasteiger partial charge is 0.495 e. The molecule has 1 saturated heterocycles. The molecular weight excluding hydrogens is 310 g/mol. The first kappa shape index (κ1) is 16.2. The van der Waals surface area contributed by atoms with Gasteiger partial charge >= 0.3 is 6.03 Å². The Labute approximate surface area is 133 Å². The third kappa shape index (κ3) is 3.54. The fraction of sp³-hybridized carbons (Fsp3) is 0.429. The van der Waals surface area contributed by atoms with Gasteiger partial charge in [-0.2, -0.15) is 0 Å². The van der Waals surface area contributed by atoms with E-state index in [0.29, 0.717) is 48.4 Å². The molecule has 0 atom stereocenters. The maximum Gasteiger partial charge on any atom is 0.322 e. The monoisotopic (exact) mass is 327 g/mol. The van der Waals surface area contributed by atoms with Crippen molar-refractivity contribution < 1.29 is 19.1 Å². The quantitative estimate of drug-likeness (QED) is 0.854. The van der Waals surface area contributed by atoms with Crippen molar-refractivity contribution in [3.63, 3.8) is 0 Å². The first-order valence-corrected chi connectivity index (χ1v) is 7.13. The minimum absolute atomic E-state index is 0.259. The van der Waals surface area contributed by atoms with E-state index in [1.54, 1.807) is 21.9 Å². The minimum atomic E-state index is -0.259. The zero-order chi connectivity index (χ0) is 16.1. The molecule has 0 aliphatic carbocycles. The molecule has 120 valence electrons. The number of urea groups is 1. The van der Waals surface area contributed by atoms with Gasteiger partial charge in [0.05, 0.1) is 24.9 Å². The summed E-state index contributed by atoms with van der Waals surface area (Å²) < 4.78 is 10.4. The smallest absolute Gasteiger partial charge is 0.322 e. The molecule has 1 aromatic rings. The third-order valence-corrected chi connectivity index (χ3v) is 3.76. The molecule has 8 heteroatoms. The fourth-order valence-corrected chi connectivity index (χ4v) is 2.42. The van der Waals surface area contributed by atoms with E-state index in [9.17, 15) is 9.59 Å². The van der Waals surface area contributed by atoms with E-state index in [-0.39, 0.29) is 6.03 Å². The summed E-state index contributed by atoms with van der Waals surface area (Å²) in [5, 5.41) is 3.15. The zero-order valence-corrected chi connectivity index (χ0v) is 13.2. The molecule has 2 rings (SSSR count). The van der Waals surface area contributed by atoms with Gasteiger partial charge in [-0.1, -0.05) is 11.6 Å². The molecule has 1 aliphatic rings. The Hall–Kier alpha value is -2.15. The number of hydrogen-bond donors (Lipinski definition) is 1. The van der Waals surface area contributed by atoms with Crippen molar-refractivity contribution >= 4 is 29.7 Å². The number of nitrogens with one attached hydrogen (secondary N) is 1. The van der Waals surface area contributed by atoms with Gasteiger partial charge in [-0.3, -0.25) is 4.79 Å². The van der Waals surface area contributed by atoms with Gasteiger partial charge in [-0.25, -0.2) is 4.79 Å². The van der Waals surface area contributed by atoms with Crippen molar-refractivity contribution in [1.29, 1.82) is 0 Å². The van der Waals surface area contributed by atoms with Gasteiger partial charge < -0.3 is 24.6 Å². The number of benzene rings is 1. The molecular formula is C14H18ClN3O4. The van der Waals surface area contributed by atoms with E-state index < -0.39 is 0 Å². The molecule has 1 fully saturated rings. The molecule has 0 radical (unpaired) electrons. The van der Waals surface area contributed by atoms with Crippen LogP contribution < -0.4 is 14.8 Å². The molecule has 0 bridgehead atoms. The Bertz CT molecular complexity index is 559. The van der Waals surface area contributed by atoms with Crippen LogP contribution in [0, 0.1) is 0 Å². The lowest BCUT2D eigenvalue weighted by atomic mass is 10.2.